The molecule has 0 aliphatic rings. The maximum absolute atomic E-state index is 13.6. The van der Waals surface area contributed by atoms with E-state index in [2.05, 4.69) is 20.8 Å². The molecule has 0 heterocycles. The van der Waals surface area contributed by atoms with Crippen molar-refractivity contribution in [3.05, 3.63) is 35.1 Å². The molecule has 106 valence electrons. The summed E-state index contributed by atoms with van der Waals surface area (Å²) in [6, 6.07) is 4.08. The molecule has 0 spiro atoms. The van der Waals surface area contributed by atoms with Gasteiger partial charge in [-0.2, -0.15) is 0 Å². The first-order chi connectivity index (χ1) is 8.83. The van der Waals surface area contributed by atoms with E-state index < -0.39 is 5.91 Å². The summed E-state index contributed by atoms with van der Waals surface area (Å²) in [5.74, 6) is 4.20. The number of nitrogens with two attached hydrogens (primary N) is 1. The number of carbonyl (C=O) groups excluding carboxylic acids is 1. The monoisotopic (exact) mass is 268 g/mol. The molecule has 1 amide bonds. The Bertz CT molecular complexity index is 442. The molecule has 3 N–H and O–H groups in total. The Kier molecular flexibility index (Phi) is 5.44. The lowest BCUT2D eigenvalue weighted by molar-refractivity contribution is 0.0934. The van der Waals surface area contributed by atoms with E-state index in [4.69, 9.17) is 10.6 Å². The molecule has 0 saturated carbocycles. The van der Waals surface area contributed by atoms with E-state index in [9.17, 15) is 9.18 Å². The van der Waals surface area contributed by atoms with Crippen molar-refractivity contribution >= 4 is 5.91 Å². The summed E-state index contributed by atoms with van der Waals surface area (Å²) in [5, 5.41) is 0. The third kappa shape index (κ3) is 5.36. The number of ether oxygens (including phenoxy) is 1. The first-order valence-corrected chi connectivity index (χ1v) is 6.20. The highest BCUT2D eigenvalue weighted by Gasteiger charge is 2.11. The zero-order valence-corrected chi connectivity index (χ0v) is 11.6. The van der Waals surface area contributed by atoms with Gasteiger partial charge in [0.05, 0.1) is 6.61 Å². The van der Waals surface area contributed by atoms with E-state index in [1.165, 1.54) is 18.2 Å². The second-order valence-corrected chi connectivity index (χ2v) is 5.64. The van der Waals surface area contributed by atoms with Crippen LogP contribution in [0, 0.1) is 11.2 Å². The zero-order valence-electron chi connectivity index (χ0n) is 11.6. The smallest absolute Gasteiger partial charge is 0.265 e. The van der Waals surface area contributed by atoms with Crippen molar-refractivity contribution in [2.45, 2.75) is 33.8 Å². The topological polar surface area (TPSA) is 64.3 Å². The van der Waals surface area contributed by atoms with Crippen molar-refractivity contribution in [1.82, 2.24) is 5.43 Å². The van der Waals surface area contributed by atoms with E-state index in [0.717, 1.165) is 6.42 Å². The fourth-order valence-electron chi connectivity index (χ4n) is 1.47. The number of hydrogen-bond donors (Lipinski definition) is 2. The van der Waals surface area contributed by atoms with Crippen LogP contribution in [-0.2, 0) is 11.3 Å². The Balaban J connectivity index is 2.60. The number of benzene rings is 1. The Morgan fingerprint density at radius 3 is 2.68 bits per heavy atom. The molecular weight excluding hydrogens is 247 g/mol. The van der Waals surface area contributed by atoms with E-state index in [-0.39, 0.29) is 17.8 Å². The van der Waals surface area contributed by atoms with Gasteiger partial charge in [0.1, 0.15) is 5.82 Å². The standard InChI is InChI=1S/C14H21FN2O2/c1-14(2,3)6-7-19-9-11-8-10(13(18)17-16)4-5-12(11)15/h4-5,8H,6-7,9,16H2,1-3H3,(H,17,18). The van der Waals surface area contributed by atoms with Crippen LogP contribution < -0.4 is 11.3 Å². The summed E-state index contributed by atoms with van der Waals surface area (Å²) < 4.78 is 19.0. The molecule has 0 unspecified atom stereocenters. The molecule has 0 radical (unpaired) electrons. The Morgan fingerprint density at radius 2 is 2.11 bits per heavy atom. The summed E-state index contributed by atoms with van der Waals surface area (Å²) in [7, 11) is 0. The van der Waals surface area contributed by atoms with Gasteiger partial charge in [-0.1, -0.05) is 20.8 Å². The van der Waals surface area contributed by atoms with Crippen LogP contribution >= 0.6 is 0 Å². The van der Waals surface area contributed by atoms with Gasteiger partial charge in [0.15, 0.2) is 0 Å². The normalized spacial score (nSPS) is 11.4. The minimum absolute atomic E-state index is 0.146. The summed E-state index contributed by atoms with van der Waals surface area (Å²) >= 11 is 0. The molecule has 0 atom stereocenters. The van der Waals surface area contributed by atoms with E-state index in [0.29, 0.717) is 17.7 Å². The second-order valence-electron chi connectivity index (χ2n) is 5.64. The van der Waals surface area contributed by atoms with Crippen LogP contribution in [0.1, 0.15) is 43.1 Å². The van der Waals surface area contributed by atoms with Crippen LogP contribution in [0.4, 0.5) is 4.39 Å². The molecule has 0 saturated heterocycles. The largest absolute Gasteiger partial charge is 0.377 e. The van der Waals surface area contributed by atoms with Crippen molar-refractivity contribution in [1.29, 1.82) is 0 Å². The predicted octanol–water partition coefficient (Wildman–Crippen LogP) is 2.38. The average molecular weight is 268 g/mol. The quantitative estimate of drug-likeness (QED) is 0.373. The Hall–Kier alpha value is -1.46. The Morgan fingerprint density at radius 1 is 1.42 bits per heavy atom. The highest BCUT2D eigenvalue weighted by Crippen LogP contribution is 2.19. The Labute approximate surface area is 113 Å². The minimum atomic E-state index is -0.448. The molecule has 0 aliphatic heterocycles. The second kappa shape index (κ2) is 6.63. The first-order valence-electron chi connectivity index (χ1n) is 6.20. The third-order valence-corrected chi connectivity index (χ3v) is 2.69. The van der Waals surface area contributed by atoms with Crippen LogP contribution in [0.3, 0.4) is 0 Å². The molecular formula is C14H21FN2O2. The van der Waals surface area contributed by atoms with Crippen molar-refractivity contribution in [2.75, 3.05) is 6.61 Å². The number of hydrogen-bond acceptors (Lipinski definition) is 3. The number of carbonyl (C=O) groups is 1. The van der Waals surface area contributed by atoms with E-state index >= 15 is 0 Å². The van der Waals surface area contributed by atoms with Gasteiger partial charge >= 0.3 is 0 Å². The molecule has 0 fully saturated rings. The molecule has 1 aromatic rings. The summed E-state index contributed by atoms with van der Waals surface area (Å²) in [6.07, 6.45) is 0.887. The number of amides is 1. The molecule has 5 heteroatoms. The van der Waals surface area contributed by atoms with Crippen LogP contribution in [-0.4, -0.2) is 12.5 Å². The molecule has 0 bridgehead atoms. The molecule has 0 aliphatic carbocycles. The summed E-state index contributed by atoms with van der Waals surface area (Å²) in [4.78, 5) is 11.3. The van der Waals surface area contributed by atoms with E-state index in [1.807, 2.05) is 5.43 Å². The minimum Gasteiger partial charge on any atom is -0.377 e. The van der Waals surface area contributed by atoms with Gasteiger partial charge in [0, 0.05) is 17.7 Å². The van der Waals surface area contributed by atoms with Crippen molar-refractivity contribution in [3.63, 3.8) is 0 Å². The number of nitrogen functional groups attached to an aromatic ring is 1. The van der Waals surface area contributed by atoms with Crippen molar-refractivity contribution < 1.29 is 13.9 Å². The van der Waals surface area contributed by atoms with Crippen LogP contribution in [0.25, 0.3) is 0 Å². The third-order valence-electron chi connectivity index (χ3n) is 2.69. The first kappa shape index (κ1) is 15.6. The predicted molar refractivity (Wildman–Crippen MR) is 71.8 cm³/mol. The van der Waals surface area contributed by atoms with Crippen molar-refractivity contribution in [2.24, 2.45) is 11.3 Å². The average Bonchev–Trinajstić information content (AvgIpc) is 2.34. The lowest BCUT2D eigenvalue weighted by Gasteiger charge is -2.17. The molecule has 1 aromatic carbocycles. The lowest BCUT2D eigenvalue weighted by Crippen LogP contribution is -2.30. The summed E-state index contributed by atoms with van der Waals surface area (Å²) in [6.45, 7) is 7.04. The molecule has 4 nitrogen and oxygen atoms in total. The van der Waals surface area contributed by atoms with Gasteiger partial charge in [0.25, 0.3) is 5.91 Å². The van der Waals surface area contributed by atoms with Gasteiger partial charge in [-0.25, -0.2) is 10.2 Å². The fraction of sp³-hybridized carbons (Fsp3) is 0.500. The number of rotatable bonds is 5. The van der Waals surface area contributed by atoms with E-state index in [1.54, 1.807) is 0 Å². The van der Waals surface area contributed by atoms with Gasteiger partial charge in [-0.05, 0) is 30.0 Å². The number of hydrazine groups is 1. The molecule has 19 heavy (non-hydrogen) atoms. The maximum Gasteiger partial charge on any atom is 0.265 e. The van der Waals surface area contributed by atoms with Crippen LogP contribution in [0.5, 0.6) is 0 Å². The highest BCUT2D eigenvalue weighted by molar-refractivity contribution is 5.93. The SMILES string of the molecule is CC(C)(C)CCOCc1cc(C(=O)NN)ccc1F. The molecule has 1 rings (SSSR count). The number of nitrogens with one attached hydrogen (secondary N) is 1. The molecule has 0 aromatic heterocycles. The van der Waals surface area contributed by atoms with Gasteiger partial charge in [-0.3, -0.25) is 10.2 Å². The maximum atomic E-state index is 13.6. The number of halogens is 1. The van der Waals surface area contributed by atoms with Crippen molar-refractivity contribution in [3.8, 4) is 0 Å². The zero-order chi connectivity index (χ0) is 14.5. The van der Waals surface area contributed by atoms with Gasteiger partial charge in [-0.15, -0.1) is 0 Å². The van der Waals surface area contributed by atoms with Crippen LogP contribution in [0.2, 0.25) is 0 Å². The fourth-order valence-corrected chi connectivity index (χ4v) is 1.47. The summed E-state index contributed by atoms with van der Waals surface area (Å²) in [5.41, 5.74) is 2.87. The van der Waals surface area contributed by atoms with Crippen LogP contribution in [0.15, 0.2) is 18.2 Å². The van der Waals surface area contributed by atoms with Gasteiger partial charge in [0.2, 0.25) is 0 Å². The highest BCUT2D eigenvalue weighted by atomic mass is 19.1. The van der Waals surface area contributed by atoms with Gasteiger partial charge < -0.3 is 4.74 Å². The lowest BCUT2D eigenvalue weighted by atomic mass is 9.93.